The summed E-state index contributed by atoms with van der Waals surface area (Å²) < 4.78 is 5.73. The van der Waals surface area contributed by atoms with Gasteiger partial charge in [0.05, 0.1) is 29.0 Å². The van der Waals surface area contributed by atoms with Gasteiger partial charge in [-0.1, -0.05) is 11.3 Å². The molecule has 0 spiro atoms. The van der Waals surface area contributed by atoms with Crippen LogP contribution >= 0.6 is 23.3 Å². The Morgan fingerprint density at radius 3 is 2.55 bits per heavy atom. The van der Waals surface area contributed by atoms with Crippen molar-refractivity contribution in [3.63, 3.8) is 0 Å². The molecule has 0 atom stereocenters. The smallest absolute Gasteiger partial charge is 0.242 e. The molecule has 0 unspecified atom stereocenters. The molecule has 3 aromatic rings. The molecule has 1 amide bonds. The molecule has 3 aliphatic carbocycles. The SMILES string of the molecule is CC1(NSc2cc(N3CCN(C(=O)C4(N)CCC4)CC3)c3cnc(-c4nnc(C5(C#N)CC5)s4)n3c2)CC1. The highest BCUT2D eigenvalue weighted by Gasteiger charge is 2.48. The molecular formula is C26H31N9OS2. The van der Waals surface area contributed by atoms with Crippen LogP contribution in [0.1, 0.15) is 56.9 Å². The number of carbonyl (C=O) groups excluding carboxylic acids is 1. The van der Waals surface area contributed by atoms with E-state index in [0.29, 0.717) is 13.1 Å². The van der Waals surface area contributed by atoms with Crippen LogP contribution in [0.4, 0.5) is 5.69 Å². The number of nitrogens with zero attached hydrogens (tertiary/aromatic N) is 7. The van der Waals surface area contributed by atoms with Crippen molar-refractivity contribution in [3.05, 3.63) is 23.5 Å². The summed E-state index contributed by atoms with van der Waals surface area (Å²) in [7, 11) is 0. The molecule has 12 heteroatoms. The van der Waals surface area contributed by atoms with Gasteiger partial charge < -0.3 is 15.5 Å². The van der Waals surface area contributed by atoms with E-state index in [2.05, 4.69) is 49.5 Å². The van der Waals surface area contributed by atoms with Crippen molar-refractivity contribution in [1.82, 2.24) is 29.2 Å². The maximum absolute atomic E-state index is 13.0. The van der Waals surface area contributed by atoms with E-state index in [1.807, 2.05) is 11.1 Å². The number of anilines is 1. The van der Waals surface area contributed by atoms with Crippen molar-refractivity contribution in [1.29, 1.82) is 5.26 Å². The zero-order valence-corrected chi connectivity index (χ0v) is 23.1. The van der Waals surface area contributed by atoms with E-state index < -0.39 is 11.0 Å². The number of piperazine rings is 1. The number of carbonyl (C=O) groups is 1. The first-order valence-corrected chi connectivity index (χ1v) is 15.0. The Morgan fingerprint density at radius 1 is 1.16 bits per heavy atom. The summed E-state index contributed by atoms with van der Waals surface area (Å²) in [6.07, 6.45) is 10.7. The minimum absolute atomic E-state index is 0.101. The average Bonchev–Trinajstić information content (AvgIpc) is 3.76. The molecule has 38 heavy (non-hydrogen) atoms. The van der Waals surface area contributed by atoms with Crippen LogP contribution in [-0.2, 0) is 10.2 Å². The van der Waals surface area contributed by atoms with Crippen molar-refractivity contribution in [2.24, 2.45) is 5.73 Å². The molecular weight excluding hydrogens is 518 g/mol. The van der Waals surface area contributed by atoms with Gasteiger partial charge in [-0.05, 0) is 69.9 Å². The number of aromatic nitrogens is 4. The lowest BCUT2D eigenvalue weighted by atomic mass is 9.76. The van der Waals surface area contributed by atoms with Crippen LogP contribution in [0.25, 0.3) is 16.3 Å². The van der Waals surface area contributed by atoms with Crippen molar-refractivity contribution in [3.8, 4) is 16.9 Å². The number of nitrogens with one attached hydrogen (secondary N) is 1. The van der Waals surface area contributed by atoms with Crippen molar-refractivity contribution in [2.75, 3.05) is 31.1 Å². The number of nitrogens with two attached hydrogens (primary N) is 1. The monoisotopic (exact) mass is 549 g/mol. The second-order valence-corrected chi connectivity index (χ2v) is 13.4. The summed E-state index contributed by atoms with van der Waals surface area (Å²) in [5, 5.41) is 19.9. The summed E-state index contributed by atoms with van der Waals surface area (Å²) in [5.74, 6) is 0.840. The number of pyridine rings is 1. The number of rotatable bonds is 7. The molecule has 7 rings (SSSR count). The first-order chi connectivity index (χ1) is 18.3. The molecule has 0 radical (unpaired) electrons. The van der Waals surface area contributed by atoms with Crippen LogP contribution in [0.3, 0.4) is 0 Å². The molecule has 4 aliphatic rings. The fourth-order valence-corrected chi connectivity index (χ4v) is 7.17. The normalized spacial score (nSPS) is 22.7. The summed E-state index contributed by atoms with van der Waals surface area (Å²) >= 11 is 3.12. The topological polar surface area (TPSA) is 128 Å². The van der Waals surface area contributed by atoms with Gasteiger partial charge >= 0.3 is 0 Å². The van der Waals surface area contributed by atoms with E-state index in [1.165, 1.54) is 24.2 Å². The van der Waals surface area contributed by atoms with Gasteiger partial charge in [-0.2, -0.15) is 5.26 Å². The summed E-state index contributed by atoms with van der Waals surface area (Å²) in [6, 6.07) is 4.64. The Kier molecular flexibility index (Phi) is 5.53. The minimum atomic E-state index is -0.651. The van der Waals surface area contributed by atoms with E-state index in [4.69, 9.17) is 10.7 Å². The van der Waals surface area contributed by atoms with Gasteiger partial charge in [0.25, 0.3) is 0 Å². The Balaban J connectivity index is 1.20. The van der Waals surface area contributed by atoms with Gasteiger partial charge in [-0.3, -0.25) is 13.9 Å². The van der Waals surface area contributed by atoms with Crippen molar-refractivity contribution >= 4 is 40.4 Å². The lowest BCUT2D eigenvalue weighted by Gasteiger charge is -2.43. The minimum Gasteiger partial charge on any atom is -0.366 e. The predicted molar refractivity (Wildman–Crippen MR) is 147 cm³/mol. The summed E-state index contributed by atoms with van der Waals surface area (Å²) in [4.78, 5) is 23.1. The Bertz CT molecular complexity index is 1450. The Labute approximate surface area is 229 Å². The lowest BCUT2D eigenvalue weighted by Crippen LogP contribution is -2.62. The highest BCUT2D eigenvalue weighted by atomic mass is 32.2. The molecule has 4 fully saturated rings. The van der Waals surface area contributed by atoms with Crippen LogP contribution < -0.4 is 15.4 Å². The standard InChI is InChI=1S/C26H31N9OS2/c1-24(5-6-24)32-38-17-13-18(33-9-11-34(12-10-33)23(36)26(28)3-2-4-26)19-14-29-20(35(19)15-17)21-30-31-22(37-21)25(16-27)7-8-25/h13-15,32H,2-12,28H2,1H3. The number of hydrogen-bond acceptors (Lipinski definition) is 10. The van der Waals surface area contributed by atoms with Crippen LogP contribution in [-0.4, -0.2) is 67.6 Å². The largest absolute Gasteiger partial charge is 0.366 e. The second kappa shape index (κ2) is 8.64. The number of amides is 1. The van der Waals surface area contributed by atoms with E-state index >= 15 is 0 Å². The van der Waals surface area contributed by atoms with Gasteiger partial charge in [-0.15, -0.1) is 10.2 Å². The Morgan fingerprint density at radius 2 is 1.92 bits per heavy atom. The number of imidazole rings is 1. The second-order valence-electron chi connectivity index (χ2n) is 11.6. The quantitative estimate of drug-likeness (QED) is 0.427. The van der Waals surface area contributed by atoms with Gasteiger partial charge in [0.1, 0.15) is 10.4 Å². The first-order valence-electron chi connectivity index (χ1n) is 13.4. The maximum Gasteiger partial charge on any atom is 0.242 e. The van der Waals surface area contributed by atoms with Crippen LogP contribution in [0.5, 0.6) is 0 Å². The zero-order valence-electron chi connectivity index (χ0n) is 21.4. The average molecular weight is 550 g/mol. The summed E-state index contributed by atoms with van der Waals surface area (Å²) in [6.45, 7) is 5.05. The molecule has 1 aliphatic heterocycles. The van der Waals surface area contributed by atoms with Gasteiger partial charge in [0, 0.05) is 42.8 Å². The zero-order chi connectivity index (χ0) is 26.1. The first kappa shape index (κ1) is 24.3. The summed E-state index contributed by atoms with van der Waals surface area (Å²) in [5.41, 5.74) is 7.50. The number of nitriles is 1. The van der Waals surface area contributed by atoms with Crippen molar-refractivity contribution in [2.45, 2.75) is 73.3 Å². The van der Waals surface area contributed by atoms with Gasteiger partial charge in [0.2, 0.25) is 5.91 Å². The van der Waals surface area contributed by atoms with E-state index in [9.17, 15) is 10.1 Å². The molecule has 1 saturated heterocycles. The molecule has 198 valence electrons. The van der Waals surface area contributed by atoms with E-state index in [0.717, 1.165) is 77.1 Å². The highest BCUT2D eigenvalue weighted by Crippen LogP contribution is 2.49. The van der Waals surface area contributed by atoms with Crippen LogP contribution in [0.15, 0.2) is 23.4 Å². The maximum atomic E-state index is 13.0. The Hall–Kier alpha value is -2.72. The van der Waals surface area contributed by atoms with Gasteiger partial charge in [0.15, 0.2) is 10.8 Å². The molecule has 3 saturated carbocycles. The third-order valence-electron chi connectivity index (χ3n) is 8.58. The van der Waals surface area contributed by atoms with Gasteiger partial charge in [-0.25, -0.2) is 4.98 Å². The van der Waals surface area contributed by atoms with Crippen LogP contribution in [0, 0.1) is 11.3 Å². The molecule has 0 aromatic carbocycles. The number of fused-ring (bicyclic) bond motifs is 1. The third kappa shape index (κ3) is 4.07. The van der Waals surface area contributed by atoms with E-state index in [-0.39, 0.29) is 11.4 Å². The highest BCUT2D eigenvalue weighted by molar-refractivity contribution is 7.97. The van der Waals surface area contributed by atoms with E-state index in [1.54, 1.807) is 11.9 Å². The third-order valence-corrected chi connectivity index (χ3v) is 10.8. The molecule has 4 heterocycles. The molecule has 3 aromatic heterocycles. The number of hydrogen-bond donors (Lipinski definition) is 2. The van der Waals surface area contributed by atoms with Crippen LogP contribution in [0.2, 0.25) is 0 Å². The molecule has 10 nitrogen and oxygen atoms in total. The molecule has 0 bridgehead atoms. The van der Waals surface area contributed by atoms with Crippen molar-refractivity contribution < 1.29 is 4.79 Å². The molecule has 3 N–H and O–H groups in total. The fourth-order valence-electron chi connectivity index (χ4n) is 5.24. The lowest BCUT2D eigenvalue weighted by molar-refractivity contribution is -0.140. The fraction of sp³-hybridized carbons (Fsp3) is 0.577. The predicted octanol–water partition coefficient (Wildman–Crippen LogP) is 3.09.